The number of rotatable bonds is 9. The molecular formula is C33H33BrClN5O3. The normalized spacial score (nSPS) is 17.5. The van der Waals surface area contributed by atoms with E-state index in [1.165, 1.54) is 32.1 Å². The maximum atomic E-state index is 9.90. The molecule has 1 atom stereocenters. The standard InChI is InChI=1S/C33H33BrClN5O3/c1-41-29-14-25-27(15-30(29)42-19-21-7-8-33(16-21)9-11-37-12-10-33)38-18-22(17-36)32(25)40-23-5-6-28(26(35)13-23)43-20-24-3-2-4-31(34)39-24/h2-6,13-15,18,21,37H,7-12,16,19-20H2,1H3,(H,38,40). The van der Waals surface area contributed by atoms with Gasteiger partial charge in [0.15, 0.2) is 11.5 Å². The number of anilines is 2. The quantitative estimate of drug-likeness (QED) is 0.175. The Balaban J connectivity index is 1.19. The molecule has 1 saturated heterocycles. The second-order valence-corrected chi connectivity index (χ2v) is 12.6. The smallest absolute Gasteiger partial charge is 0.163 e. The van der Waals surface area contributed by atoms with Crippen molar-refractivity contribution in [2.75, 3.05) is 32.1 Å². The van der Waals surface area contributed by atoms with Gasteiger partial charge in [-0.1, -0.05) is 17.7 Å². The van der Waals surface area contributed by atoms with Gasteiger partial charge in [0, 0.05) is 23.3 Å². The lowest BCUT2D eigenvalue weighted by Gasteiger charge is -2.34. The maximum absolute atomic E-state index is 9.90. The Hall–Kier alpha value is -3.58. The highest BCUT2D eigenvalue weighted by Crippen LogP contribution is 2.48. The van der Waals surface area contributed by atoms with E-state index in [-0.39, 0.29) is 6.61 Å². The number of fused-ring (bicyclic) bond motifs is 1. The number of nitrogens with zero attached hydrogens (tertiary/aromatic N) is 3. The first kappa shape index (κ1) is 29.5. The number of methoxy groups -OCH3 is 1. The average molecular weight is 663 g/mol. The first-order chi connectivity index (χ1) is 20.9. The number of nitriles is 1. The van der Waals surface area contributed by atoms with Crippen LogP contribution in [0.1, 0.15) is 43.4 Å². The van der Waals surface area contributed by atoms with Crippen molar-refractivity contribution in [1.29, 1.82) is 5.26 Å². The van der Waals surface area contributed by atoms with E-state index in [9.17, 15) is 5.26 Å². The van der Waals surface area contributed by atoms with E-state index in [1.807, 2.05) is 36.4 Å². The Labute approximate surface area is 264 Å². The molecule has 0 bridgehead atoms. The third kappa shape index (κ3) is 6.67. The predicted molar refractivity (Wildman–Crippen MR) is 171 cm³/mol. The second-order valence-electron chi connectivity index (χ2n) is 11.4. The summed E-state index contributed by atoms with van der Waals surface area (Å²) in [6.07, 6.45) is 7.78. The summed E-state index contributed by atoms with van der Waals surface area (Å²) in [6, 6.07) is 17.1. The molecule has 8 nitrogen and oxygen atoms in total. The number of aromatic nitrogens is 2. The highest BCUT2D eigenvalue weighted by atomic mass is 79.9. The molecule has 2 aromatic heterocycles. The zero-order chi connectivity index (χ0) is 29.8. The van der Waals surface area contributed by atoms with Gasteiger partial charge in [0.1, 0.15) is 23.0 Å². The van der Waals surface area contributed by atoms with E-state index in [2.05, 4.69) is 42.6 Å². The van der Waals surface area contributed by atoms with Crippen LogP contribution in [0.25, 0.3) is 10.9 Å². The average Bonchev–Trinajstić information content (AvgIpc) is 3.41. The third-order valence-corrected chi connectivity index (χ3v) is 9.30. The van der Waals surface area contributed by atoms with Gasteiger partial charge in [-0.3, -0.25) is 4.98 Å². The van der Waals surface area contributed by atoms with Crippen LogP contribution >= 0.6 is 27.5 Å². The van der Waals surface area contributed by atoms with Gasteiger partial charge >= 0.3 is 0 Å². The lowest BCUT2D eigenvalue weighted by Crippen LogP contribution is -2.35. The molecule has 0 amide bonds. The molecule has 1 saturated carbocycles. The molecule has 2 N–H and O–H groups in total. The summed E-state index contributed by atoms with van der Waals surface area (Å²) in [5.74, 6) is 2.33. The van der Waals surface area contributed by atoms with Crippen LogP contribution in [0.4, 0.5) is 11.4 Å². The molecule has 222 valence electrons. The number of hydrogen-bond donors (Lipinski definition) is 2. The summed E-state index contributed by atoms with van der Waals surface area (Å²) < 4.78 is 18.7. The summed E-state index contributed by atoms with van der Waals surface area (Å²) in [5, 5.41) is 17.9. The number of ether oxygens (including phenoxy) is 3. The molecule has 1 unspecified atom stereocenters. The van der Waals surface area contributed by atoms with Crippen LogP contribution in [0.3, 0.4) is 0 Å². The van der Waals surface area contributed by atoms with E-state index < -0.39 is 0 Å². The molecule has 2 fully saturated rings. The highest BCUT2D eigenvalue weighted by molar-refractivity contribution is 9.10. The van der Waals surface area contributed by atoms with Crippen molar-refractivity contribution >= 4 is 49.8 Å². The minimum absolute atomic E-state index is 0.281. The van der Waals surface area contributed by atoms with Crippen LogP contribution in [0.15, 0.2) is 59.3 Å². The van der Waals surface area contributed by atoms with Gasteiger partial charge in [-0.15, -0.1) is 0 Å². The second kappa shape index (κ2) is 13.0. The van der Waals surface area contributed by atoms with Gasteiger partial charge in [0.2, 0.25) is 0 Å². The Morgan fingerprint density at radius 3 is 2.72 bits per heavy atom. The molecule has 0 radical (unpaired) electrons. The number of hydrogen-bond acceptors (Lipinski definition) is 8. The molecule has 6 rings (SSSR count). The predicted octanol–water partition coefficient (Wildman–Crippen LogP) is 7.80. The van der Waals surface area contributed by atoms with Crippen molar-refractivity contribution in [1.82, 2.24) is 15.3 Å². The highest BCUT2D eigenvalue weighted by Gasteiger charge is 2.39. The van der Waals surface area contributed by atoms with Gasteiger partial charge < -0.3 is 24.8 Å². The topological polar surface area (TPSA) is 101 Å². The van der Waals surface area contributed by atoms with Gasteiger partial charge in [0.05, 0.1) is 41.2 Å². The number of nitrogens with one attached hydrogen (secondary N) is 2. The minimum atomic E-state index is 0.281. The van der Waals surface area contributed by atoms with Gasteiger partial charge in [-0.05, 0) is 109 Å². The summed E-state index contributed by atoms with van der Waals surface area (Å²) in [7, 11) is 1.63. The first-order valence-electron chi connectivity index (χ1n) is 14.5. The number of benzene rings is 2. The van der Waals surface area contributed by atoms with Crippen molar-refractivity contribution in [3.63, 3.8) is 0 Å². The summed E-state index contributed by atoms with van der Waals surface area (Å²) in [4.78, 5) is 8.96. The molecule has 1 aliphatic carbocycles. The lowest BCUT2D eigenvalue weighted by atomic mass is 9.77. The van der Waals surface area contributed by atoms with Crippen molar-refractivity contribution in [3.8, 4) is 23.3 Å². The maximum Gasteiger partial charge on any atom is 0.163 e. The van der Waals surface area contributed by atoms with Crippen LogP contribution in [-0.4, -0.2) is 36.8 Å². The van der Waals surface area contributed by atoms with E-state index in [4.69, 9.17) is 25.8 Å². The zero-order valence-electron chi connectivity index (χ0n) is 24.0. The monoisotopic (exact) mass is 661 g/mol. The zero-order valence-corrected chi connectivity index (χ0v) is 26.3. The Kier molecular flexibility index (Phi) is 8.89. The Morgan fingerprint density at radius 2 is 1.95 bits per heavy atom. The SMILES string of the molecule is COc1cc2c(Nc3ccc(OCc4cccc(Br)n4)c(Cl)c3)c(C#N)cnc2cc1OCC1CCC2(CCNCC2)C1. The molecule has 2 aliphatic rings. The lowest BCUT2D eigenvalue weighted by molar-refractivity contribution is 0.181. The van der Waals surface area contributed by atoms with E-state index >= 15 is 0 Å². The molecule has 1 spiro atoms. The molecular weight excluding hydrogens is 630 g/mol. The van der Waals surface area contributed by atoms with Crippen molar-refractivity contribution in [3.05, 3.63) is 75.6 Å². The van der Waals surface area contributed by atoms with Gasteiger partial charge in [0.25, 0.3) is 0 Å². The van der Waals surface area contributed by atoms with E-state index in [0.717, 1.165) is 28.8 Å². The van der Waals surface area contributed by atoms with E-state index in [0.29, 0.717) is 62.7 Å². The van der Waals surface area contributed by atoms with Crippen LogP contribution in [-0.2, 0) is 6.61 Å². The van der Waals surface area contributed by atoms with Crippen LogP contribution < -0.4 is 24.8 Å². The van der Waals surface area contributed by atoms with Crippen molar-refractivity contribution in [2.24, 2.45) is 11.3 Å². The minimum Gasteiger partial charge on any atom is -0.493 e. The fourth-order valence-electron chi connectivity index (χ4n) is 6.30. The van der Waals surface area contributed by atoms with Crippen molar-refractivity contribution in [2.45, 2.75) is 38.7 Å². The summed E-state index contributed by atoms with van der Waals surface area (Å²) >= 11 is 9.95. The third-order valence-electron chi connectivity index (χ3n) is 8.57. The van der Waals surface area contributed by atoms with Gasteiger partial charge in [-0.25, -0.2) is 4.98 Å². The molecule has 2 aromatic carbocycles. The molecule has 4 aromatic rings. The fraction of sp³-hybridized carbons (Fsp3) is 0.364. The Bertz CT molecular complexity index is 1670. The molecule has 1 aliphatic heterocycles. The number of halogens is 2. The van der Waals surface area contributed by atoms with Crippen LogP contribution in [0.5, 0.6) is 17.2 Å². The summed E-state index contributed by atoms with van der Waals surface area (Å²) in [6.45, 7) is 3.17. The van der Waals surface area contributed by atoms with Crippen molar-refractivity contribution < 1.29 is 14.2 Å². The molecule has 3 heterocycles. The Morgan fingerprint density at radius 1 is 1.09 bits per heavy atom. The molecule has 10 heteroatoms. The van der Waals surface area contributed by atoms with Crippen LogP contribution in [0, 0.1) is 22.7 Å². The number of piperidine rings is 1. The molecule has 43 heavy (non-hydrogen) atoms. The number of pyridine rings is 2. The van der Waals surface area contributed by atoms with E-state index in [1.54, 1.807) is 25.4 Å². The first-order valence-corrected chi connectivity index (χ1v) is 15.7. The summed E-state index contributed by atoms with van der Waals surface area (Å²) in [5.41, 5.74) is 3.68. The van der Waals surface area contributed by atoms with Crippen LogP contribution in [0.2, 0.25) is 5.02 Å². The largest absolute Gasteiger partial charge is 0.493 e. The fourth-order valence-corrected chi connectivity index (χ4v) is 6.92. The van der Waals surface area contributed by atoms with Gasteiger partial charge in [-0.2, -0.15) is 5.26 Å².